The standard InChI is InChI=1S/C13H18F2N2/c1-2-17-7-6-9(16)8-12(17)10-4-3-5-11(14)13(10)15/h3-5,9,12H,2,6-8,16H2,1H3/t9-,12+/m1/s1. The van der Waals surface area contributed by atoms with E-state index in [0.717, 1.165) is 25.6 Å². The van der Waals surface area contributed by atoms with Crippen LogP contribution in [-0.4, -0.2) is 24.0 Å². The van der Waals surface area contributed by atoms with Crippen LogP contribution in [0.25, 0.3) is 0 Å². The summed E-state index contributed by atoms with van der Waals surface area (Å²) in [6.45, 7) is 3.70. The molecule has 94 valence electrons. The lowest BCUT2D eigenvalue weighted by molar-refractivity contribution is 0.140. The highest BCUT2D eigenvalue weighted by molar-refractivity contribution is 5.23. The molecule has 2 rings (SSSR count). The molecule has 0 aromatic heterocycles. The Labute approximate surface area is 100 Å². The van der Waals surface area contributed by atoms with E-state index in [-0.39, 0.29) is 12.1 Å². The predicted octanol–water partition coefficient (Wildman–Crippen LogP) is 2.45. The van der Waals surface area contributed by atoms with Gasteiger partial charge < -0.3 is 5.73 Å². The lowest BCUT2D eigenvalue weighted by atomic mass is 9.92. The average molecular weight is 240 g/mol. The molecule has 0 radical (unpaired) electrons. The first-order chi connectivity index (χ1) is 8.13. The monoisotopic (exact) mass is 240 g/mol. The summed E-state index contributed by atoms with van der Waals surface area (Å²) in [5.74, 6) is -1.51. The smallest absolute Gasteiger partial charge is 0.163 e. The number of hydrogen-bond acceptors (Lipinski definition) is 2. The first-order valence-electron chi connectivity index (χ1n) is 6.07. The van der Waals surface area contributed by atoms with Crippen LogP contribution in [0.1, 0.15) is 31.4 Å². The van der Waals surface area contributed by atoms with Crippen LogP contribution in [0, 0.1) is 11.6 Å². The van der Waals surface area contributed by atoms with E-state index in [4.69, 9.17) is 5.73 Å². The molecule has 4 heteroatoms. The summed E-state index contributed by atoms with van der Waals surface area (Å²) in [7, 11) is 0. The van der Waals surface area contributed by atoms with Gasteiger partial charge in [-0.2, -0.15) is 0 Å². The Morgan fingerprint density at radius 3 is 2.88 bits per heavy atom. The molecule has 1 aromatic carbocycles. The van der Waals surface area contributed by atoms with Gasteiger partial charge >= 0.3 is 0 Å². The van der Waals surface area contributed by atoms with Gasteiger partial charge in [-0.25, -0.2) is 8.78 Å². The van der Waals surface area contributed by atoms with E-state index in [0.29, 0.717) is 12.0 Å². The number of rotatable bonds is 2. The van der Waals surface area contributed by atoms with E-state index in [1.165, 1.54) is 0 Å². The summed E-state index contributed by atoms with van der Waals surface area (Å²) < 4.78 is 27.0. The minimum absolute atomic E-state index is 0.0745. The highest BCUT2D eigenvalue weighted by Gasteiger charge is 2.29. The van der Waals surface area contributed by atoms with Crippen molar-refractivity contribution in [3.8, 4) is 0 Å². The van der Waals surface area contributed by atoms with Crippen molar-refractivity contribution in [2.24, 2.45) is 5.73 Å². The molecular formula is C13H18F2N2. The van der Waals surface area contributed by atoms with Gasteiger partial charge in [0.05, 0.1) is 0 Å². The average Bonchev–Trinajstić information content (AvgIpc) is 2.33. The molecule has 0 saturated carbocycles. The molecule has 1 fully saturated rings. The second-order valence-corrected chi connectivity index (χ2v) is 4.57. The Morgan fingerprint density at radius 1 is 1.41 bits per heavy atom. The van der Waals surface area contributed by atoms with E-state index in [1.54, 1.807) is 12.1 Å². The SMILES string of the molecule is CCN1CC[C@@H](N)C[C@H]1c1cccc(F)c1F. The summed E-state index contributed by atoms with van der Waals surface area (Å²) in [6, 6.07) is 4.34. The van der Waals surface area contributed by atoms with Crippen molar-refractivity contribution >= 4 is 0 Å². The maximum Gasteiger partial charge on any atom is 0.163 e. The van der Waals surface area contributed by atoms with Crippen LogP contribution in [0.4, 0.5) is 8.78 Å². The summed E-state index contributed by atoms with van der Waals surface area (Å²) in [4.78, 5) is 2.15. The second kappa shape index (κ2) is 5.10. The van der Waals surface area contributed by atoms with Crippen LogP contribution >= 0.6 is 0 Å². The largest absolute Gasteiger partial charge is 0.328 e. The van der Waals surface area contributed by atoms with E-state index in [9.17, 15) is 8.78 Å². The molecule has 0 amide bonds. The van der Waals surface area contributed by atoms with E-state index in [1.807, 2.05) is 6.92 Å². The van der Waals surface area contributed by atoms with Gasteiger partial charge in [-0.3, -0.25) is 4.90 Å². The number of nitrogens with two attached hydrogens (primary N) is 1. The molecule has 2 nitrogen and oxygen atoms in total. The fourth-order valence-electron chi connectivity index (χ4n) is 2.52. The van der Waals surface area contributed by atoms with Gasteiger partial charge in [0, 0.05) is 24.2 Å². The Kier molecular flexibility index (Phi) is 3.74. The summed E-state index contributed by atoms with van der Waals surface area (Å²) in [6.07, 6.45) is 1.61. The highest BCUT2D eigenvalue weighted by Crippen LogP contribution is 2.32. The van der Waals surface area contributed by atoms with Crippen LogP contribution in [-0.2, 0) is 0 Å². The molecule has 2 atom stereocenters. The summed E-state index contributed by atoms with van der Waals surface area (Å²) in [5, 5.41) is 0. The van der Waals surface area contributed by atoms with Crippen molar-refractivity contribution in [1.29, 1.82) is 0 Å². The fourth-order valence-corrected chi connectivity index (χ4v) is 2.52. The van der Waals surface area contributed by atoms with E-state index >= 15 is 0 Å². The van der Waals surface area contributed by atoms with Crippen LogP contribution in [0.3, 0.4) is 0 Å². The van der Waals surface area contributed by atoms with Gasteiger partial charge in [0.1, 0.15) is 0 Å². The second-order valence-electron chi connectivity index (χ2n) is 4.57. The van der Waals surface area contributed by atoms with Gasteiger partial charge in [-0.15, -0.1) is 0 Å². The van der Waals surface area contributed by atoms with Crippen molar-refractivity contribution in [2.45, 2.75) is 31.8 Å². The molecule has 1 aliphatic rings. The fraction of sp³-hybridized carbons (Fsp3) is 0.538. The van der Waals surface area contributed by atoms with Gasteiger partial charge in [-0.1, -0.05) is 19.1 Å². The molecule has 1 heterocycles. The summed E-state index contributed by atoms with van der Waals surface area (Å²) in [5.41, 5.74) is 6.36. The first kappa shape index (κ1) is 12.5. The van der Waals surface area contributed by atoms with Crippen molar-refractivity contribution in [3.05, 3.63) is 35.4 Å². The number of benzene rings is 1. The topological polar surface area (TPSA) is 29.3 Å². The molecule has 0 aliphatic carbocycles. The highest BCUT2D eigenvalue weighted by atomic mass is 19.2. The van der Waals surface area contributed by atoms with Crippen LogP contribution in [0.5, 0.6) is 0 Å². The van der Waals surface area contributed by atoms with E-state index < -0.39 is 11.6 Å². The maximum atomic E-state index is 13.8. The van der Waals surface area contributed by atoms with Gasteiger partial charge in [0.25, 0.3) is 0 Å². The molecular weight excluding hydrogens is 222 g/mol. The number of piperidine rings is 1. The van der Waals surface area contributed by atoms with Gasteiger partial charge in [-0.05, 0) is 25.5 Å². The Bertz CT molecular complexity index is 395. The number of hydrogen-bond donors (Lipinski definition) is 1. The molecule has 2 N–H and O–H groups in total. The van der Waals surface area contributed by atoms with E-state index in [2.05, 4.69) is 4.90 Å². The Hall–Kier alpha value is -1.00. The van der Waals surface area contributed by atoms with Crippen molar-refractivity contribution in [2.75, 3.05) is 13.1 Å². The minimum atomic E-state index is -0.780. The van der Waals surface area contributed by atoms with Crippen LogP contribution < -0.4 is 5.73 Å². The molecule has 0 unspecified atom stereocenters. The number of nitrogens with zero attached hydrogens (tertiary/aromatic N) is 1. The van der Waals surface area contributed by atoms with Crippen molar-refractivity contribution in [3.63, 3.8) is 0 Å². The predicted molar refractivity (Wildman–Crippen MR) is 63.6 cm³/mol. The third-order valence-corrected chi connectivity index (χ3v) is 3.50. The zero-order chi connectivity index (χ0) is 12.4. The van der Waals surface area contributed by atoms with Crippen molar-refractivity contribution in [1.82, 2.24) is 4.90 Å². The maximum absolute atomic E-state index is 13.8. The number of halogens is 2. The third-order valence-electron chi connectivity index (χ3n) is 3.50. The Morgan fingerprint density at radius 2 is 2.18 bits per heavy atom. The van der Waals surface area contributed by atoms with Gasteiger partial charge in [0.2, 0.25) is 0 Å². The molecule has 0 spiro atoms. The van der Waals surface area contributed by atoms with Crippen molar-refractivity contribution < 1.29 is 8.78 Å². The minimum Gasteiger partial charge on any atom is -0.328 e. The Balaban J connectivity index is 2.32. The third kappa shape index (κ3) is 2.48. The molecule has 1 saturated heterocycles. The number of likely N-dealkylation sites (tertiary alicyclic amines) is 1. The lowest BCUT2D eigenvalue weighted by Gasteiger charge is -2.38. The van der Waals surface area contributed by atoms with Crippen LogP contribution in [0.2, 0.25) is 0 Å². The van der Waals surface area contributed by atoms with Gasteiger partial charge in [0.15, 0.2) is 11.6 Å². The summed E-state index contributed by atoms with van der Waals surface area (Å²) >= 11 is 0. The lowest BCUT2D eigenvalue weighted by Crippen LogP contribution is -2.42. The molecule has 17 heavy (non-hydrogen) atoms. The zero-order valence-corrected chi connectivity index (χ0v) is 10.00. The first-order valence-corrected chi connectivity index (χ1v) is 6.07. The normalized spacial score (nSPS) is 26.1. The quantitative estimate of drug-likeness (QED) is 0.860. The zero-order valence-electron chi connectivity index (χ0n) is 10.00. The molecule has 1 aliphatic heterocycles. The molecule has 1 aromatic rings. The molecule has 0 bridgehead atoms. The van der Waals surface area contributed by atoms with Crippen LogP contribution in [0.15, 0.2) is 18.2 Å².